The predicted octanol–water partition coefficient (Wildman–Crippen LogP) is 3.99. The lowest BCUT2D eigenvalue weighted by molar-refractivity contribution is -0.126. The van der Waals surface area contributed by atoms with Crippen LogP contribution >= 0.6 is 0 Å². The van der Waals surface area contributed by atoms with Gasteiger partial charge in [-0.05, 0) is 23.5 Å². The van der Waals surface area contributed by atoms with E-state index in [4.69, 9.17) is 0 Å². The minimum absolute atomic E-state index is 0.00221. The van der Waals surface area contributed by atoms with Crippen LogP contribution < -0.4 is 5.32 Å². The number of amides is 1. The molecular formula is C21H27NO2. The van der Waals surface area contributed by atoms with Gasteiger partial charge in [-0.1, -0.05) is 65.0 Å². The van der Waals surface area contributed by atoms with Crippen molar-refractivity contribution in [3.8, 4) is 0 Å². The number of carbonyl (C=O) groups excluding carboxylic acids is 2. The van der Waals surface area contributed by atoms with E-state index in [0.29, 0.717) is 12.8 Å². The van der Waals surface area contributed by atoms with E-state index in [2.05, 4.69) is 33.0 Å². The van der Waals surface area contributed by atoms with Gasteiger partial charge in [0.2, 0.25) is 5.91 Å². The fourth-order valence-corrected chi connectivity index (χ4v) is 4.73. The van der Waals surface area contributed by atoms with Crippen molar-refractivity contribution in [3.63, 3.8) is 0 Å². The smallest absolute Gasteiger partial charge is 0.219 e. The summed E-state index contributed by atoms with van der Waals surface area (Å²) in [5, 5.41) is 3.19. The summed E-state index contributed by atoms with van der Waals surface area (Å²) in [5.41, 5.74) is 0.889. The summed E-state index contributed by atoms with van der Waals surface area (Å²) in [4.78, 5) is 25.3. The Bertz CT molecular complexity index is 719. The number of Topliss-reactive ketones (excluding diaryl/α,β-unsaturated/α-hetero) is 1. The lowest BCUT2D eigenvalue weighted by Crippen LogP contribution is -2.48. The molecule has 1 N–H and O–H groups in total. The lowest BCUT2D eigenvalue weighted by atomic mass is 9.64. The molecule has 2 aliphatic rings. The highest BCUT2D eigenvalue weighted by Gasteiger charge is 2.74. The van der Waals surface area contributed by atoms with Gasteiger partial charge in [-0.25, -0.2) is 0 Å². The van der Waals surface area contributed by atoms with Gasteiger partial charge in [0, 0.05) is 28.9 Å². The number of benzene rings is 1. The number of carbonyl (C=O) groups is 2. The van der Waals surface area contributed by atoms with Crippen LogP contribution in [0.4, 0.5) is 0 Å². The van der Waals surface area contributed by atoms with Gasteiger partial charge in [-0.3, -0.25) is 9.59 Å². The SMILES string of the molecule is CCC(=O)NC1CC2(C)C(=O)C(=Cc3ccccc3)C1(C)C2(C)C. The first-order chi connectivity index (χ1) is 11.2. The van der Waals surface area contributed by atoms with Crippen LogP contribution in [0.5, 0.6) is 0 Å². The number of fused-ring (bicyclic) bond motifs is 2. The summed E-state index contributed by atoms with van der Waals surface area (Å²) in [7, 11) is 0. The molecule has 3 unspecified atom stereocenters. The van der Waals surface area contributed by atoms with Crippen molar-refractivity contribution < 1.29 is 9.59 Å². The molecule has 1 amide bonds. The summed E-state index contributed by atoms with van der Waals surface area (Å²) in [6, 6.07) is 9.97. The van der Waals surface area contributed by atoms with Gasteiger partial charge in [-0.2, -0.15) is 0 Å². The Morgan fingerprint density at radius 1 is 1.21 bits per heavy atom. The van der Waals surface area contributed by atoms with E-state index in [0.717, 1.165) is 11.1 Å². The number of rotatable bonds is 3. The van der Waals surface area contributed by atoms with E-state index >= 15 is 0 Å². The quantitative estimate of drug-likeness (QED) is 0.854. The van der Waals surface area contributed by atoms with E-state index < -0.39 is 5.41 Å². The molecule has 24 heavy (non-hydrogen) atoms. The van der Waals surface area contributed by atoms with E-state index in [9.17, 15) is 9.59 Å². The predicted molar refractivity (Wildman–Crippen MR) is 96.3 cm³/mol. The largest absolute Gasteiger partial charge is 0.352 e. The molecule has 3 nitrogen and oxygen atoms in total. The van der Waals surface area contributed by atoms with Crippen LogP contribution in [-0.4, -0.2) is 17.7 Å². The zero-order valence-electron chi connectivity index (χ0n) is 15.3. The van der Waals surface area contributed by atoms with E-state index in [1.54, 1.807) is 0 Å². The summed E-state index contributed by atoms with van der Waals surface area (Å²) in [6.45, 7) is 10.4. The zero-order chi connectivity index (χ0) is 17.8. The van der Waals surface area contributed by atoms with E-state index in [1.807, 2.05) is 43.3 Å². The lowest BCUT2D eigenvalue weighted by Gasteiger charge is -2.40. The van der Waals surface area contributed by atoms with Crippen LogP contribution in [0.3, 0.4) is 0 Å². The molecule has 2 aliphatic carbocycles. The van der Waals surface area contributed by atoms with Crippen LogP contribution in [0.2, 0.25) is 0 Å². The fraction of sp³-hybridized carbons (Fsp3) is 0.524. The van der Waals surface area contributed by atoms with Crippen molar-refractivity contribution in [2.45, 2.75) is 53.5 Å². The molecule has 1 aromatic rings. The third-order valence-corrected chi connectivity index (χ3v) is 7.06. The first-order valence-corrected chi connectivity index (χ1v) is 8.80. The number of hydrogen-bond acceptors (Lipinski definition) is 2. The second-order valence-electron chi connectivity index (χ2n) is 8.14. The first-order valence-electron chi connectivity index (χ1n) is 8.80. The summed E-state index contributed by atoms with van der Waals surface area (Å²) in [6.07, 6.45) is 3.21. The molecule has 2 saturated carbocycles. The molecule has 0 saturated heterocycles. The van der Waals surface area contributed by atoms with Crippen molar-refractivity contribution in [2.75, 3.05) is 0 Å². The monoisotopic (exact) mass is 325 g/mol. The Hall–Kier alpha value is -1.90. The Morgan fingerprint density at radius 2 is 1.83 bits per heavy atom. The maximum Gasteiger partial charge on any atom is 0.219 e. The standard InChI is InChI=1S/C21H27NO2/c1-6-17(23)22-16-13-20(4)18(24)15(21(16,5)19(20,2)3)12-14-10-8-7-9-11-14/h7-12,16H,6,13H2,1-5H3,(H,22,23). The highest BCUT2D eigenvalue weighted by molar-refractivity contribution is 6.09. The molecule has 0 heterocycles. The van der Waals surface area contributed by atoms with Crippen molar-refractivity contribution in [3.05, 3.63) is 41.5 Å². The summed E-state index contributed by atoms with van der Waals surface area (Å²) < 4.78 is 0. The van der Waals surface area contributed by atoms with E-state index in [-0.39, 0.29) is 28.6 Å². The molecule has 1 aromatic carbocycles. The molecule has 0 aliphatic heterocycles. The minimum atomic E-state index is -0.436. The van der Waals surface area contributed by atoms with Crippen molar-refractivity contribution in [1.29, 1.82) is 0 Å². The van der Waals surface area contributed by atoms with Crippen molar-refractivity contribution >= 4 is 17.8 Å². The normalized spacial score (nSPS) is 35.5. The van der Waals surface area contributed by atoms with Gasteiger partial charge in [-0.15, -0.1) is 0 Å². The topological polar surface area (TPSA) is 46.2 Å². The molecule has 128 valence electrons. The third kappa shape index (κ3) is 1.96. The number of nitrogens with one attached hydrogen (secondary N) is 1. The average molecular weight is 325 g/mol. The van der Waals surface area contributed by atoms with Crippen molar-refractivity contribution in [1.82, 2.24) is 5.32 Å². The maximum absolute atomic E-state index is 13.2. The van der Waals surface area contributed by atoms with Gasteiger partial charge in [0.1, 0.15) is 0 Å². The first kappa shape index (κ1) is 16.9. The Kier molecular flexibility index (Phi) is 3.74. The summed E-state index contributed by atoms with van der Waals surface area (Å²) in [5.74, 6) is 0.292. The minimum Gasteiger partial charge on any atom is -0.352 e. The molecule has 0 radical (unpaired) electrons. The van der Waals surface area contributed by atoms with Crippen LogP contribution in [0.1, 0.15) is 53.0 Å². The Morgan fingerprint density at radius 3 is 2.38 bits per heavy atom. The van der Waals surface area contributed by atoms with Crippen LogP contribution in [0, 0.1) is 16.2 Å². The molecular weight excluding hydrogens is 298 g/mol. The molecule has 0 spiro atoms. The van der Waals surface area contributed by atoms with Crippen LogP contribution in [-0.2, 0) is 9.59 Å². The average Bonchev–Trinajstić information content (AvgIpc) is 2.77. The number of ketones is 1. The van der Waals surface area contributed by atoms with Gasteiger partial charge in [0.15, 0.2) is 5.78 Å². The summed E-state index contributed by atoms with van der Waals surface area (Å²) >= 11 is 0. The molecule has 3 rings (SSSR count). The van der Waals surface area contributed by atoms with Gasteiger partial charge in [0.05, 0.1) is 0 Å². The molecule has 0 aromatic heterocycles. The van der Waals surface area contributed by atoms with Gasteiger partial charge >= 0.3 is 0 Å². The fourth-order valence-electron chi connectivity index (χ4n) is 4.73. The third-order valence-electron chi connectivity index (χ3n) is 7.06. The van der Waals surface area contributed by atoms with Crippen LogP contribution in [0.25, 0.3) is 6.08 Å². The second kappa shape index (κ2) is 5.30. The number of hydrogen-bond donors (Lipinski definition) is 1. The molecule has 3 heteroatoms. The Balaban J connectivity index is 2.12. The van der Waals surface area contributed by atoms with Crippen LogP contribution in [0.15, 0.2) is 35.9 Å². The zero-order valence-corrected chi connectivity index (χ0v) is 15.3. The molecule has 2 bridgehead atoms. The van der Waals surface area contributed by atoms with Gasteiger partial charge < -0.3 is 5.32 Å². The molecule has 2 fully saturated rings. The second-order valence-corrected chi connectivity index (χ2v) is 8.14. The molecule has 3 atom stereocenters. The van der Waals surface area contributed by atoms with E-state index in [1.165, 1.54) is 0 Å². The van der Waals surface area contributed by atoms with Gasteiger partial charge in [0.25, 0.3) is 0 Å². The maximum atomic E-state index is 13.2. The Labute approximate surface area is 144 Å². The highest BCUT2D eigenvalue weighted by atomic mass is 16.2. The highest BCUT2D eigenvalue weighted by Crippen LogP contribution is 2.72. The van der Waals surface area contributed by atoms with Crippen molar-refractivity contribution in [2.24, 2.45) is 16.2 Å².